The molecule has 0 aliphatic carbocycles. The molecule has 8 nitrogen and oxygen atoms in total. The lowest BCUT2D eigenvalue weighted by Gasteiger charge is -2.36. The molecule has 0 radical (unpaired) electrons. The number of fused-ring (bicyclic) bond motifs is 1. The number of benzene rings is 4. The van der Waals surface area contributed by atoms with E-state index in [1.165, 1.54) is 22.9 Å². The van der Waals surface area contributed by atoms with Gasteiger partial charge in [-0.15, -0.1) is 0 Å². The molecule has 2 aliphatic rings. The van der Waals surface area contributed by atoms with Crippen molar-refractivity contribution in [1.82, 2.24) is 4.90 Å². The molecule has 9 heteroatoms. The van der Waals surface area contributed by atoms with Crippen molar-refractivity contribution in [3.8, 4) is 11.1 Å². The van der Waals surface area contributed by atoms with Gasteiger partial charge in [0.1, 0.15) is 0 Å². The second-order valence-corrected chi connectivity index (χ2v) is 12.6. The fourth-order valence-corrected chi connectivity index (χ4v) is 6.97. The number of carbonyl (C=O) groups excluding carboxylic acids is 2. The highest BCUT2D eigenvalue weighted by Gasteiger charge is 2.36. The maximum atomic E-state index is 13.1. The monoisotopic (exact) mass is 644 g/mol. The minimum Gasteiger partial charge on any atom is -0.618 e. The maximum Gasteiger partial charge on any atom is 0.261 e. The van der Waals surface area contributed by atoms with Gasteiger partial charge >= 0.3 is 0 Å². The minimum atomic E-state index is -0.644. The number of pyridine rings is 1. The molecule has 0 saturated carbocycles. The number of imide groups is 1. The molecule has 3 heterocycles. The summed E-state index contributed by atoms with van der Waals surface area (Å²) in [6, 6.07) is 35.7. The zero-order valence-corrected chi connectivity index (χ0v) is 26.2. The van der Waals surface area contributed by atoms with Crippen molar-refractivity contribution in [3.63, 3.8) is 0 Å². The van der Waals surface area contributed by atoms with E-state index < -0.39 is 6.29 Å². The number of hydrogen-bond acceptors (Lipinski definition) is 7. The van der Waals surface area contributed by atoms with Gasteiger partial charge in [-0.25, -0.2) is 0 Å². The average molecular weight is 645 g/mol. The third-order valence-electron chi connectivity index (χ3n) is 8.54. The van der Waals surface area contributed by atoms with Gasteiger partial charge in [0, 0.05) is 29.9 Å². The van der Waals surface area contributed by atoms with Crippen LogP contribution in [0.5, 0.6) is 0 Å². The molecule has 1 aromatic heterocycles. The largest absolute Gasteiger partial charge is 0.618 e. The number of aliphatic hydroxyl groups is 1. The fraction of sp³-hybridized carbons (Fsp3) is 0.184. The van der Waals surface area contributed by atoms with E-state index in [2.05, 4.69) is 0 Å². The number of ether oxygens (including phenoxy) is 2. The summed E-state index contributed by atoms with van der Waals surface area (Å²) in [4.78, 5) is 27.4. The van der Waals surface area contributed by atoms with Crippen molar-refractivity contribution in [2.45, 2.75) is 43.1 Å². The second kappa shape index (κ2) is 13.5. The molecule has 5 aromatic rings. The van der Waals surface area contributed by atoms with Crippen molar-refractivity contribution >= 4 is 23.6 Å². The third-order valence-corrected chi connectivity index (χ3v) is 9.69. The smallest absolute Gasteiger partial charge is 0.261 e. The maximum absolute atomic E-state index is 13.1. The molecule has 1 N–H and O–H groups in total. The predicted octanol–water partition coefficient (Wildman–Crippen LogP) is 6.61. The van der Waals surface area contributed by atoms with Crippen LogP contribution in [-0.2, 0) is 22.6 Å². The molecule has 0 bridgehead atoms. The molecule has 4 aromatic carbocycles. The van der Waals surface area contributed by atoms with Gasteiger partial charge in [0.25, 0.3) is 16.8 Å². The van der Waals surface area contributed by atoms with E-state index in [-0.39, 0.29) is 37.2 Å². The fourth-order valence-electron chi connectivity index (χ4n) is 6.04. The van der Waals surface area contributed by atoms with Crippen LogP contribution in [0.1, 0.15) is 61.8 Å². The first-order chi connectivity index (χ1) is 23.0. The summed E-state index contributed by atoms with van der Waals surface area (Å²) in [5, 5.41) is 22.4. The lowest BCUT2D eigenvalue weighted by molar-refractivity contribution is -0.645. The van der Waals surface area contributed by atoms with E-state index in [0.29, 0.717) is 28.3 Å². The van der Waals surface area contributed by atoms with Crippen LogP contribution in [0, 0.1) is 5.21 Å². The highest BCUT2D eigenvalue weighted by atomic mass is 32.2. The Balaban J connectivity index is 1.12. The molecular weight excluding hydrogens is 612 g/mol. The van der Waals surface area contributed by atoms with Crippen molar-refractivity contribution < 1.29 is 28.9 Å². The van der Waals surface area contributed by atoms with Crippen LogP contribution in [0.4, 0.5) is 0 Å². The van der Waals surface area contributed by atoms with E-state index in [1.54, 1.807) is 36.4 Å². The molecule has 1 fully saturated rings. The zero-order valence-electron chi connectivity index (χ0n) is 25.4. The molecule has 236 valence electrons. The summed E-state index contributed by atoms with van der Waals surface area (Å²) in [6.07, 6.45) is 1.01. The molecule has 47 heavy (non-hydrogen) atoms. The summed E-state index contributed by atoms with van der Waals surface area (Å²) >= 11 is 1.45. The Kier molecular flexibility index (Phi) is 8.86. The SMILES string of the molecule is O=C1c2ccccc2C(=O)N1Cc1ccccc1-c1ccc([C@H]2O[C@@H](CSc3cccc[n+]3[O-])C[C@@H](c3ccc(CO)cc3)O2)cc1. The normalized spacial score (nSPS) is 19.2. The third kappa shape index (κ3) is 6.43. The number of aromatic nitrogens is 1. The van der Waals surface area contributed by atoms with E-state index in [0.717, 1.165) is 38.1 Å². The number of thioether (sulfide) groups is 1. The molecule has 0 spiro atoms. The molecule has 1 saturated heterocycles. The van der Waals surface area contributed by atoms with E-state index in [1.807, 2.05) is 78.9 Å². The van der Waals surface area contributed by atoms with Crippen LogP contribution < -0.4 is 4.73 Å². The number of amides is 2. The standard InChI is InChI=1S/C38H32N2O6S/c41-23-25-12-14-27(15-13-25)34-21-30(24-47-35-11-5-6-20-40(35)44)45-38(46-34)28-18-16-26(17-19-28)31-8-2-1-7-29(31)22-39-36(42)32-9-3-4-10-33(32)37(39)43/h1-20,30,34,38,41H,21-24H2/t30-,34+,38+/m1/s1. The van der Waals surface area contributed by atoms with E-state index >= 15 is 0 Å². The number of carbonyl (C=O) groups is 2. The van der Waals surface area contributed by atoms with Gasteiger partial charge in [-0.1, -0.05) is 96.7 Å². The minimum absolute atomic E-state index is 0.0309. The van der Waals surface area contributed by atoms with Gasteiger partial charge < -0.3 is 19.8 Å². The van der Waals surface area contributed by atoms with Crippen LogP contribution in [-0.4, -0.2) is 33.7 Å². The first kappa shape index (κ1) is 30.8. The highest BCUT2D eigenvalue weighted by molar-refractivity contribution is 7.99. The van der Waals surface area contributed by atoms with Gasteiger partial charge in [0.2, 0.25) is 0 Å². The lowest BCUT2D eigenvalue weighted by atomic mass is 9.97. The quantitative estimate of drug-likeness (QED) is 0.0834. The van der Waals surface area contributed by atoms with Crippen LogP contribution >= 0.6 is 11.8 Å². The Hall–Kier alpha value is -4.80. The number of hydrogen-bond donors (Lipinski definition) is 1. The molecule has 2 aliphatic heterocycles. The van der Waals surface area contributed by atoms with Gasteiger partial charge in [-0.3, -0.25) is 14.5 Å². The van der Waals surface area contributed by atoms with Crippen LogP contribution in [0.15, 0.2) is 126 Å². The Labute approximate surface area is 276 Å². The van der Waals surface area contributed by atoms with Gasteiger partial charge in [0.05, 0.1) is 36.5 Å². The molecule has 2 amide bonds. The Bertz CT molecular complexity index is 1880. The molecule has 7 rings (SSSR count). The van der Waals surface area contributed by atoms with Crippen molar-refractivity contribution in [1.29, 1.82) is 0 Å². The summed E-state index contributed by atoms with van der Waals surface area (Å²) in [5.74, 6) is 0.00144. The van der Waals surface area contributed by atoms with Crippen LogP contribution in [0.2, 0.25) is 0 Å². The number of aliphatic hydroxyl groups excluding tert-OH is 1. The molecule has 0 unspecified atom stereocenters. The average Bonchev–Trinajstić information content (AvgIpc) is 3.36. The van der Waals surface area contributed by atoms with Crippen LogP contribution in [0.25, 0.3) is 11.1 Å². The lowest BCUT2D eigenvalue weighted by Crippen LogP contribution is -2.32. The van der Waals surface area contributed by atoms with Crippen molar-refractivity contribution in [3.05, 3.63) is 160 Å². The summed E-state index contributed by atoms with van der Waals surface area (Å²) < 4.78 is 13.8. The Morgan fingerprint density at radius 2 is 1.40 bits per heavy atom. The Morgan fingerprint density at radius 3 is 2.09 bits per heavy atom. The van der Waals surface area contributed by atoms with E-state index in [4.69, 9.17) is 9.47 Å². The predicted molar refractivity (Wildman–Crippen MR) is 177 cm³/mol. The highest BCUT2D eigenvalue weighted by Crippen LogP contribution is 2.40. The Morgan fingerprint density at radius 1 is 0.766 bits per heavy atom. The summed E-state index contributed by atoms with van der Waals surface area (Å²) in [7, 11) is 0. The van der Waals surface area contributed by atoms with Crippen molar-refractivity contribution in [2.24, 2.45) is 0 Å². The molecule has 3 atom stereocenters. The van der Waals surface area contributed by atoms with Gasteiger partial charge in [-0.2, -0.15) is 4.73 Å². The summed E-state index contributed by atoms with van der Waals surface area (Å²) in [6.45, 7) is 0.136. The van der Waals surface area contributed by atoms with Gasteiger partial charge in [0.15, 0.2) is 12.5 Å². The van der Waals surface area contributed by atoms with Crippen molar-refractivity contribution in [2.75, 3.05) is 5.75 Å². The summed E-state index contributed by atoms with van der Waals surface area (Å²) in [5.41, 5.74) is 6.24. The van der Waals surface area contributed by atoms with Gasteiger partial charge in [-0.05, 0) is 46.0 Å². The number of nitrogens with zero attached hydrogens (tertiary/aromatic N) is 2. The van der Waals surface area contributed by atoms with Crippen LogP contribution in [0.3, 0.4) is 0 Å². The first-order valence-corrected chi connectivity index (χ1v) is 16.4. The topological polar surface area (TPSA) is 103 Å². The first-order valence-electron chi connectivity index (χ1n) is 15.4. The second-order valence-electron chi connectivity index (χ2n) is 11.5. The van der Waals surface area contributed by atoms with E-state index in [9.17, 15) is 19.9 Å². The molecular formula is C38H32N2O6S. The number of rotatable bonds is 9. The zero-order chi connectivity index (χ0) is 32.3.